The van der Waals surface area contributed by atoms with E-state index in [0.717, 1.165) is 12.1 Å². The van der Waals surface area contributed by atoms with Crippen LogP contribution in [0.3, 0.4) is 0 Å². The maximum absolute atomic E-state index is 10.7. The largest absolute Gasteiger partial charge is 0.479 e. The van der Waals surface area contributed by atoms with Gasteiger partial charge in [-0.05, 0) is 25.0 Å². The number of carboxylic acids is 1. The van der Waals surface area contributed by atoms with Crippen LogP contribution >= 0.6 is 0 Å². The molecule has 0 bridgehead atoms. The van der Waals surface area contributed by atoms with Crippen LogP contribution in [-0.2, 0) is 9.53 Å². The average Bonchev–Trinajstić information content (AvgIpc) is 2.85. The molecule has 1 fully saturated rings. The molecule has 2 atom stereocenters. The van der Waals surface area contributed by atoms with Crippen LogP contribution in [-0.4, -0.2) is 29.8 Å². The molecule has 0 aliphatic carbocycles. The number of nitrogens with zero attached hydrogens (tertiary/aromatic N) is 1. The van der Waals surface area contributed by atoms with Gasteiger partial charge in [0, 0.05) is 6.54 Å². The first kappa shape index (κ1) is 12.4. The third kappa shape index (κ3) is 2.79. The van der Waals surface area contributed by atoms with E-state index in [4.69, 9.17) is 15.1 Å². The van der Waals surface area contributed by atoms with Gasteiger partial charge in [-0.3, -0.25) is 0 Å². The van der Waals surface area contributed by atoms with E-state index in [1.165, 1.54) is 0 Å². The summed E-state index contributed by atoms with van der Waals surface area (Å²) in [6.07, 6.45) is 0.459. The van der Waals surface area contributed by atoms with Crippen molar-refractivity contribution >= 4 is 11.7 Å². The number of carbonyl (C=O) groups is 1. The van der Waals surface area contributed by atoms with E-state index in [-0.39, 0.29) is 6.10 Å². The van der Waals surface area contributed by atoms with Gasteiger partial charge >= 0.3 is 5.97 Å². The molecule has 0 amide bonds. The number of anilines is 1. The number of nitriles is 1. The minimum Gasteiger partial charge on any atom is -0.479 e. The van der Waals surface area contributed by atoms with Crippen LogP contribution in [0, 0.1) is 11.3 Å². The van der Waals surface area contributed by atoms with Crippen molar-refractivity contribution in [2.75, 3.05) is 11.9 Å². The number of carboxylic acid groups (broad SMARTS) is 1. The maximum atomic E-state index is 10.7. The molecule has 1 saturated heterocycles. The van der Waals surface area contributed by atoms with Crippen molar-refractivity contribution in [3.05, 3.63) is 29.8 Å². The Hall–Kier alpha value is -2.06. The molecular formula is C13H14N2O3. The Morgan fingerprint density at radius 3 is 2.94 bits per heavy atom. The summed E-state index contributed by atoms with van der Waals surface area (Å²) in [4.78, 5) is 10.7. The van der Waals surface area contributed by atoms with Crippen molar-refractivity contribution in [3.8, 4) is 6.07 Å². The van der Waals surface area contributed by atoms with Crippen LogP contribution in [0.2, 0.25) is 0 Å². The lowest BCUT2D eigenvalue weighted by Gasteiger charge is -2.13. The number of ether oxygens (including phenoxy) is 1. The second-order valence-corrected chi connectivity index (χ2v) is 4.20. The van der Waals surface area contributed by atoms with Gasteiger partial charge in [0.1, 0.15) is 6.07 Å². The van der Waals surface area contributed by atoms with Gasteiger partial charge < -0.3 is 15.2 Å². The molecule has 0 spiro atoms. The van der Waals surface area contributed by atoms with E-state index in [1.54, 1.807) is 12.1 Å². The lowest BCUT2D eigenvalue weighted by molar-refractivity contribution is -0.149. The van der Waals surface area contributed by atoms with Crippen LogP contribution in [0.1, 0.15) is 18.4 Å². The Morgan fingerprint density at radius 1 is 1.50 bits per heavy atom. The van der Waals surface area contributed by atoms with Crippen molar-refractivity contribution in [2.24, 2.45) is 0 Å². The Labute approximate surface area is 105 Å². The SMILES string of the molecule is N#Cc1ccccc1NCC1CCC(C(=O)O)O1. The zero-order valence-electron chi connectivity index (χ0n) is 9.80. The van der Waals surface area contributed by atoms with Gasteiger partial charge in [-0.15, -0.1) is 0 Å². The lowest BCUT2D eigenvalue weighted by atomic mass is 10.1. The Bertz CT molecular complexity index is 481. The Kier molecular flexibility index (Phi) is 3.80. The Morgan fingerprint density at radius 2 is 2.28 bits per heavy atom. The molecule has 2 rings (SSSR count). The van der Waals surface area contributed by atoms with Crippen LogP contribution < -0.4 is 5.32 Å². The quantitative estimate of drug-likeness (QED) is 0.843. The summed E-state index contributed by atoms with van der Waals surface area (Å²) in [7, 11) is 0. The third-order valence-corrected chi connectivity index (χ3v) is 2.95. The molecule has 1 aliphatic rings. The number of nitrogens with one attached hydrogen (secondary N) is 1. The fourth-order valence-corrected chi connectivity index (χ4v) is 2.00. The number of para-hydroxylation sites is 1. The van der Waals surface area contributed by atoms with E-state index in [0.29, 0.717) is 18.5 Å². The first-order valence-corrected chi connectivity index (χ1v) is 5.82. The molecule has 1 aromatic rings. The van der Waals surface area contributed by atoms with Gasteiger partial charge in [0.15, 0.2) is 6.10 Å². The highest BCUT2D eigenvalue weighted by Crippen LogP contribution is 2.21. The molecule has 1 aromatic carbocycles. The second-order valence-electron chi connectivity index (χ2n) is 4.20. The first-order chi connectivity index (χ1) is 8.70. The van der Waals surface area contributed by atoms with Crippen molar-refractivity contribution < 1.29 is 14.6 Å². The van der Waals surface area contributed by atoms with Crippen LogP contribution in [0.5, 0.6) is 0 Å². The molecule has 1 heterocycles. The molecule has 2 unspecified atom stereocenters. The number of hydrogen-bond donors (Lipinski definition) is 2. The van der Waals surface area contributed by atoms with Crippen molar-refractivity contribution in [2.45, 2.75) is 25.0 Å². The van der Waals surface area contributed by atoms with Gasteiger partial charge in [-0.25, -0.2) is 4.79 Å². The summed E-state index contributed by atoms with van der Waals surface area (Å²) in [6.45, 7) is 0.516. The molecule has 94 valence electrons. The van der Waals surface area contributed by atoms with E-state index in [2.05, 4.69) is 11.4 Å². The summed E-state index contributed by atoms with van der Waals surface area (Å²) in [5, 5.41) is 20.9. The van der Waals surface area contributed by atoms with Gasteiger partial charge in [-0.1, -0.05) is 12.1 Å². The number of aliphatic carboxylic acids is 1. The van der Waals surface area contributed by atoms with Gasteiger partial charge in [0.2, 0.25) is 0 Å². The van der Waals surface area contributed by atoms with Crippen molar-refractivity contribution in [3.63, 3.8) is 0 Å². The smallest absolute Gasteiger partial charge is 0.332 e. The molecule has 0 radical (unpaired) electrons. The van der Waals surface area contributed by atoms with E-state index in [1.807, 2.05) is 12.1 Å². The summed E-state index contributed by atoms with van der Waals surface area (Å²) < 4.78 is 5.37. The highest BCUT2D eigenvalue weighted by atomic mass is 16.5. The molecule has 0 aromatic heterocycles. The second kappa shape index (κ2) is 5.52. The number of hydrogen-bond acceptors (Lipinski definition) is 4. The molecule has 0 saturated carbocycles. The lowest BCUT2D eigenvalue weighted by Crippen LogP contribution is -2.24. The van der Waals surface area contributed by atoms with Crippen LogP contribution in [0.15, 0.2) is 24.3 Å². The highest BCUT2D eigenvalue weighted by molar-refractivity contribution is 5.72. The predicted octanol–water partition coefficient (Wildman–Crippen LogP) is 1.60. The normalized spacial score (nSPS) is 22.4. The van der Waals surface area contributed by atoms with E-state index >= 15 is 0 Å². The van der Waals surface area contributed by atoms with E-state index < -0.39 is 12.1 Å². The highest BCUT2D eigenvalue weighted by Gasteiger charge is 2.30. The van der Waals surface area contributed by atoms with Crippen molar-refractivity contribution in [1.82, 2.24) is 0 Å². The van der Waals surface area contributed by atoms with Gasteiger partial charge in [0.05, 0.1) is 17.4 Å². The zero-order valence-corrected chi connectivity index (χ0v) is 9.80. The summed E-state index contributed by atoms with van der Waals surface area (Å²) in [5.74, 6) is -0.907. The molecule has 2 N–H and O–H groups in total. The minimum absolute atomic E-state index is 0.113. The standard InChI is InChI=1S/C13H14N2O3/c14-7-9-3-1-2-4-11(9)15-8-10-5-6-12(18-10)13(16)17/h1-4,10,12,15H,5-6,8H2,(H,16,17). The van der Waals surface area contributed by atoms with Crippen LogP contribution in [0.4, 0.5) is 5.69 Å². The van der Waals surface area contributed by atoms with Crippen LogP contribution in [0.25, 0.3) is 0 Å². The van der Waals surface area contributed by atoms with Gasteiger partial charge in [-0.2, -0.15) is 5.26 Å². The van der Waals surface area contributed by atoms with Crippen molar-refractivity contribution in [1.29, 1.82) is 5.26 Å². The topological polar surface area (TPSA) is 82.4 Å². The zero-order chi connectivity index (χ0) is 13.0. The minimum atomic E-state index is -0.907. The monoisotopic (exact) mass is 246 g/mol. The summed E-state index contributed by atoms with van der Waals surface area (Å²) in [6, 6.07) is 9.30. The number of rotatable bonds is 4. The molecule has 1 aliphatic heterocycles. The summed E-state index contributed by atoms with van der Waals surface area (Å²) in [5.41, 5.74) is 1.33. The molecule has 18 heavy (non-hydrogen) atoms. The fourth-order valence-electron chi connectivity index (χ4n) is 2.00. The number of benzene rings is 1. The molecule has 5 nitrogen and oxygen atoms in total. The van der Waals surface area contributed by atoms with E-state index in [9.17, 15) is 4.79 Å². The molecule has 5 heteroatoms. The average molecular weight is 246 g/mol. The first-order valence-electron chi connectivity index (χ1n) is 5.82. The van der Waals surface area contributed by atoms with Gasteiger partial charge in [0.25, 0.3) is 0 Å². The fraction of sp³-hybridized carbons (Fsp3) is 0.385. The predicted molar refractivity (Wildman–Crippen MR) is 65.2 cm³/mol. The maximum Gasteiger partial charge on any atom is 0.332 e. The Balaban J connectivity index is 1.89. The molecular weight excluding hydrogens is 232 g/mol. The third-order valence-electron chi connectivity index (χ3n) is 2.95. The summed E-state index contributed by atoms with van der Waals surface area (Å²) >= 11 is 0.